The molecule has 8 aromatic carbocycles. The summed E-state index contributed by atoms with van der Waals surface area (Å²) in [5, 5.41) is 1.77. The first-order valence-corrected chi connectivity index (χ1v) is 18.6. The lowest BCUT2D eigenvalue weighted by molar-refractivity contribution is 1.06. The minimum Gasteiger partial charge on any atom is -0.308 e. The van der Waals surface area contributed by atoms with Crippen molar-refractivity contribution >= 4 is 53.3 Å². The van der Waals surface area contributed by atoms with Crippen LogP contribution in [0.3, 0.4) is 0 Å². The van der Waals surface area contributed by atoms with E-state index in [-0.39, 0.29) is 33.3 Å². The zero-order chi connectivity index (χ0) is 47.4. The fourth-order valence-electron chi connectivity index (χ4n) is 7.18. The lowest BCUT2D eigenvalue weighted by atomic mass is 9.99. The predicted molar refractivity (Wildman–Crippen MR) is 234 cm³/mol. The van der Waals surface area contributed by atoms with Gasteiger partial charge in [-0.3, -0.25) is 0 Å². The minimum atomic E-state index is -0.701. The zero-order valence-electron chi connectivity index (χ0n) is 41.2. The standard InChI is InChI=1S/C51H32N4S/c1-4-14-33(15-5-1)36-25-28-45-42(30-36)39-20-10-12-22-44(39)55(45)46-32-38(37-26-29-48-43(31-37)40-21-11-13-23-47(40)56-48)24-27-41(46)51-53-49(34-16-6-2-7-17-34)52-50(54-51)35-18-8-3-9-19-35/h1-32H/i1D,4D,5D,10D,12D,14D,15D,20D,22D,25D,28D,30D. The quantitative estimate of drug-likeness (QED) is 0.170. The Morgan fingerprint density at radius 2 is 1.04 bits per heavy atom. The fourth-order valence-corrected chi connectivity index (χ4v) is 8.26. The maximum Gasteiger partial charge on any atom is 0.166 e. The lowest BCUT2D eigenvalue weighted by Crippen LogP contribution is -2.04. The van der Waals surface area contributed by atoms with Crippen LogP contribution in [0.15, 0.2) is 194 Å². The summed E-state index contributed by atoms with van der Waals surface area (Å²) >= 11 is 1.67. The molecule has 0 unspecified atom stereocenters. The fraction of sp³-hybridized carbons (Fsp3) is 0. The minimum absolute atomic E-state index is 0.121. The Balaban J connectivity index is 1.30. The van der Waals surface area contributed by atoms with Gasteiger partial charge in [0.2, 0.25) is 0 Å². The molecule has 0 atom stereocenters. The summed E-state index contributed by atoms with van der Waals surface area (Å²) < 4.78 is 112. The molecular weight excluding hydrogens is 701 g/mol. The molecule has 11 aromatic rings. The number of fused-ring (bicyclic) bond motifs is 6. The molecule has 3 aromatic heterocycles. The number of hydrogen-bond acceptors (Lipinski definition) is 4. The molecule has 0 amide bonds. The Morgan fingerprint density at radius 1 is 0.411 bits per heavy atom. The number of para-hydroxylation sites is 1. The third-order valence-electron chi connectivity index (χ3n) is 9.80. The Kier molecular flexibility index (Phi) is 5.27. The topological polar surface area (TPSA) is 43.6 Å². The van der Waals surface area contributed by atoms with Gasteiger partial charge >= 0.3 is 0 Å². The molecular formula is C51H32N4S. The predicted octanol–water partition coefficient (Wildman–Crippen LogP) is 13.7. The van der Waals surface area contributed by atoms with E-state index in [0.717, 1.165) is 25.7 Å². The van der Waals surface area contributed by atoms with Crippen molar-refractivity contribution in [1.82, 2.24) is 19.5 Å². The maximum atomic E-state index is 9.78. The highest BCUT2D eigenvalue weighted by molar-refractivity contribution is 7.25. The summed E-state index contributed by atoms with van der Waals surface area (Å²) in [6, 6.07) is 31.0. The highest BCUT2D eigenvalue weighted by Crippen LogP contribution is 2.41. The Morgan fingerprint density at radius 3 is 1.82 bits per heavy atom. The van der Waals surface area contributed by atoms with E-state index in [1.54, 1.807) is 17.4 Å². The van der Waals surface area contributed by atoms with Crippen molar-refractivity contribution in [3.63, 3.8) is 0 Å². The van der Waals surface area contributed by atoms with Crippen LogP contribution in [0, 0.1) is 0 Å². The monoisotopic (exact) mass is 744 g/mol. The van der Waals surface area contributed by atoms with E-state index in [0.29, 0.717) is 33.9 Å². The van der Waals surface area contributed by atoms with Crippen molar-refractivity contribution < 1.29 is 16.4 Å². The van der Waals surface area contributed by atoms with Crippen molar-refractivity contribution in [2.75, 3.05) is 0 Å². The Hall–Kier alpha value is -7.21. The summed E-state index contributed by atoms with van der Waals surface area (Å²) in [5.74, 6) is 0.860. The van der Waals surface area contributed by atoms with Crippen LogP contribution in [0.2, 0.25) is 0 Å². The van der Waals surface area contributed by atoms with Gasteiger partial charge in [0.05, 0.1) is 33.2 Å². The molecule has 5 heteroatoms. The molecule has 0 fully saturated rings. The molecule has 56 heavy (non-hydrogen) atoms. The van der Waals surface area contributed by atoms with Crippen molar-refractivity contribution in [1.29, 1.82) is 0 Å². The van der Waals surface area contributed by atoms with Crippen molar-refractivity contribution in [3.8, 4) is 62.1 Å². The van der Waals surface area contributed by atoms with Gasteiger partial charge in [0.1, 0.15) is 0 Å². The molecule has 0 N–H and O–H groups in total. The van der Waals surface area contributed by atoms with Gasteiger partial charge in [0.25, 0.3) is 0 Å². The second-order valence-corrected chi connectivity index (χ2v) is 14.2. The van der Waals surface area contributed by atoms with Crippen LogP contribution < -0.4 is 0 Å². The molecule has 0 spiro atoms. The first-order chi connectivity index (χ1) is 32.7. The van der Waals surface area contributed by atoms with Gasteiger partial charge in [-0.2, -0.15) is 0 Å². The zero-order valence-corrected chi connectivity index (χ0v) is 30.1. The van der Waals surface area contributed by atoms with Crippen LogP contribution in [-0.2, 0) is 0 Å². The normalized spacial score (nSPS) is 14.6. The highest BCUT2D eigenvalue weighted by atomic mass is 32.1. The molecule has 0 saturated carbocycles. The smallest absolute Gasteiger partial charge is 0.166 e. The van der Waals surface area contributed by atoms with Crippen molar-refractivity contribution in [2.45, 2.75) is 0 Å². The van der Waals surface area contributed by atoms with E-state index in [1.807, 2.05) is 97.1 Å². The van der Waals surface area contributed by atoms with Crippen molar-refractivity contribution in [2.24, 2.45) is 0 Å². The van der Waals surface area contributed by atoms with E-state index in [9.17, 15) is 6.85 Å². The number of thiophene rings is 1. The van der Waals surface area contributed by atoms with Crippen LogP contribution in [-0.4, -0.2) is 19.5 Å². The second-order valence-electron chi connectivity index (χ2n) is 13.1. The highest BCUT2D eigenvalue weighted by Gasteiger charge is 2.21. The molecule has 0 aliphatic heterocycles. The number of hydrogen-bond donors (Lipinski definition) is 0. The molecule has 0 saturated heterocycles. The molecule has 0 aliphatic rings. The molecule has 262 valence electrons. The first kappa shape index (κ1) is 22.2. The SMILES string of the molecule is [2H]c1c([2H])c([2H])c(-c2c([2H])c([2H])c3c(c2[2H])c2c([2H])c([2H])c([2H])c([2H])c2n3-c2cc(-c3ccc4sc5ccccc5c4c3)ccc2-c2nc(-c3ccccc3)nc(-c3ccccc3)n2)c([2H])c1[2H]. The van der Waals surface area contributed by atoms with Crippen molar-refractivity contribution in [3.05, 3.63) is 194 Å². The average Bonchev–Trinajstić information content (AvgIpc) is 3.93. The van der Waals surface area contributed by atoms with Crippen LogP contribution in [0.4, 0.5) is 0 Å². The largest absolute Gasteiger partial charge is 0.308 e. The van der Waals surface area contributed by atoms with E-state index in [2.05, 4.69) is 18.2 Å². The third kappa shape index (κ3) is 5.48. The van der Waals surface area contributed by atoms with E-state index in [4.69, 9.17) is 24.5 Å². The average molecular weight is 745 g/mol. The summed E-state index contributed by atoms with van der Waals surface area (Å²) in [6.45, 7) is 0. The number of benzene rings is 8. The first-order valence-electron chi connectivity index (χ1n) is 23.8. The maximum absolute atomic E-state index is 9.78. The number of aromatic nitrogens is 4. The van der Waals surface area contributed by atoms with Gasteiger partial charge in [-0.1, -0.05) is 145 Å². The van der Waals surface area contributed by atoms with Gasteiger partial charge in [-0.05, 0) is 70.7 Å². The van der Waals surface area contributed by atoms with Crippen LogP contribution in [0.25, 0.3) is 104 Å². The van der Waals surface area contributed by atoms with Crippen LogP contribution in [0.1, 0.15) is 16.4 Å². The molecule has 4 nitrogen and oxygen atoms in total. The van der Waals surface area contributed by atoms with E-state index >= 15 is 0 Å². The third-order valence-corrected chi connectivity index (χ3v) is 10.9. The molecule has 3 heterocycles. The number of nitrogens with zero attached hydrogens (tertiary/aromatic N) is 4. The lowest BCUT2D eigenvalue weighted by Gasteiger charge is -2.16. The van der Waals surface area contributed by atoms with Gasteiger partial charge in [-0.15, -0.1) is 11.3 Å². The summed E-state index contributed by atoms with van der Waals surface area (Å²) in [6.07, 6.45) is 0. The summed E-state index contributed by atoms with van der Waals surface area (Å²) in [7, 11) is 0. The van der Waals surface area contributed by atoms with Gasteiger partial charge in [-0.25, -0.2) is 15.0 Å². The Labute approximate surface area is 344 Å². The van der Waals surface area contributed by atoms with Gasteiger partial charge in [0.15, 0.2) is 17.5 Å². The van der Waals surface area contributed by atoms with Crippen LogP contribution in [0.5, 0.6) is 0 Å². The summed E-state index contributed by atoms with van der Waals surface area (Å²) in [4.78, 5) is 14.9. The van der Waals surface area contributed by atoms with E-state index in [1.165, 1.54) is 4.57 Å². The Bertz CT molecular complexity index is 3860. The molecule has 11 rings (SSSR count). The van der Waals surface area contributed by atoms with Gasteiger partial charge in [0, 0.05) is 47.6 Å². The van der Waals surface area contributed by atoms with Crippen LogP contribution >= 0.6 is 11.3 Å². The molecule has 0 radical (unpaired) electrons. The summed E-state index contributed by atoms with van der Waals surface area (Å²) in [5.41, 5.74) is 2.28. The molecule has 0 bridgehead atoms. The molecule has 0 aliphatic carbocycles. The number of rotatable bonds is 6. The second kappa shape index (κ2) is 13.3. The van der Waals surface area contributed by atoms with Gasteiger partial charge < -0.3 is 4.57 Å². The van der Waals surface area contributed by atoms with E-state index < -0.39 is 83.6 Å².